The predicted octanol–water partition coefficient (Wildman–Crippen LogP) is 2.13. The molecule has 37 heavy (non-hydrogen) atoms. The van der Waals surface area contributed by atoms with Crippen molar-refractivity contribution in [1.82, 2.24) is 34.5 Å². The molecule has 2 N–H and O–H groups in total. The number of rotatable bonds is 10. The molecule has 4 aromatic rings. The van der Waals surface area contributed by atoms with E-state index in [9.17, 15) is 13.5 Å². The first-order valence-electron chi connectivity index (χ1n) is 11.4. The number of sulfonamides is 1. The summed E-state index contributed by atoms with van der Waals surface area (Å²) in [6.45, 7) is 5.71. The van der Waals surface area contributed by atoms with Gasteiger partial charge in [-0.1, -0.05) is 6.07 Å². The van der Waals surface area contributed by atoms with E-state index in [1.807, 2.05) is 6.92 Å². The summed E-state index contributed by atoms with van der Waals surface area (Å²) in [6.07, 6.45) is 3.29. The number of para-hydroxylation sites is 1. The Labute approximate surface area is 214 Å². The molecule has 14 heteroatoms. The molecule has 0 spiro atoms. The van der Waals surface area contributed by atoms with Crippen molar-refractivity contribution < 1.29 is 23.0 Å². The fourth-order valence-corrected chi connectivity index (χ4v) is 4.63. The first-order chi connectivity index (χ1) is 17.7. The van der Waals surface area contributed by atoms with Gasteiger partial charge in [-0.3, -0.25) is 14.0 Å². The van der Waals surface area contributed by atoms with Crippen LogP contribution in [0.25, 0.3) is 17.2 Å². The van der Waals surface area contributed by atoms with Crippen LogP contribution in [0.2, 0.25) is 0 Å². The number of aliphatic hydroxyl groups is 1. The van der Waals surface area contributed by atoms with Crippen LogP contribution in [0.3, 0.4) is 0 Å². The second-order valence-corrected chi connectivity index (χ2v) is 10.2. The van der Waals surface area contributed by atoms with E-state index in [-0.39, 0.29) is 17.6 Å². The van der Waals surface area contributed by atoms with Crippen LogP contribution in [0.5, 0.6) is 11.5 Å². The molecule has 13 nitrogen and oxygen atoms in total. The first-order valence-corrected chi connectivity index (χ1v) is 12.9. The van der Waals surface area contributed by atoms with Crippen LogP contribution in [-0.2, 0) is 16.6 Å². The Bertz CT molecular complexity index is 1460. The average molecular weight is 529 g/mol. The molecule has 4 rings (SSSR count). The van der Waals surface area contributed by atoms with E-state index in [0.29, 0.717) is 29.4 Å². The number of ether oxygens (including phenoxy) is 2. The molecule has 2 atom stereocenters. The van der Waals surface area contributed by atoms with E-state index in [4.69, 9.17) is 9.47 Å². The number of nitrogens with one attached hydrogen (secondary N) is 1. The van der Waals surface area contributed by atoms with Crippen LogP contribution in [0.15, 0.2) is 42.9 Å². The summed E-state index contributed by atoms with van der Waals surface area (Å²) in [5, 5.41) is 22.2. The van der Waals surface area contributed by atoms with E-state index in [1.54, 1.807) is 42.1 Å². The number of nitrogens with zero attached hydrogens (tertiary/aromatic N) is 7. The van der Waals surface area contributed by atoms with Gasteiger partial charge in [0.05, 0.1) is 14.2 Å². The van der Waals surface area contributed by atoms with Crippen LogP contribution in [0.4, 0.5) is 5.95 Å². The minimum Gasteiger partial charge on any atom is -0.494 e. The third-order valence-electron chi connectivity index (χ3n) is 5.72. The van der Waals surface area contributed by atoms with E-state index in [1.165, 1.54) is 38.1 Å². The van der Waals surface area contributed by atoms with Gasteiger partial charge in [-0.2, -0.15) is 5.10 Å². The van der Waals surface area contributed by atoms with Crippen molar-refractivity contribution >= 4 is 16.0 Å². The maximum Gasteiger partial charge on any atom is 0.243 e. The van der Waals surface area contributed by atoms with Gasteiger partial charge in [-0.25, -0.2) is 18.4 Å². The summed E-state index contributed by atoms with van der Waals surface area (Å²) in [5.74, 6) is 0.867. The summed E-state index contributed by atoms with van der Waals surface area (Å²) < 4.78 is 43.5. The Balaban J connectivity index is 1.82. The van der Waals surface area contributed by atoms with Gasteiger partial charge in [0.1, 0.15) is 34.2 Å². The Morgan fingerprint density at radius 1 is 1.08 bits per heavy atom. The van der Waals surface area contributed by atoms with Crippen LogP contribution in [0.1, 0.15) is 31.3 Å². The number of anilines is 1. The van der Waals surface area contributed by atoms with Gasteiger partial charge in [0, 0.05) is 25.1 Å². The van der Waals surface area contributed by atoms with Gasteiger partial charge in [-0.05, 0) is 44.5 Å². The predicted molar refractivity (Wildman–Crippen MR) is 135 cm³/mol. The number of aliphatic hydroxyl groups excluding tert-OH is 1. The van der Waals surface area contributed by atoms with Crippen LogP contribution in [-0.4, -0.2) is 67.5 Å². The summed E-state index contributed by atoms with van der Waals surface area (Å²) >= 11 is 0. The fourth-order valence-electron chi connectivity index (χ4n) is 3.59. The van der Waals surface area contributed by atoms with Crippen LogP contribution < -0.4 is 14.2 Å². The van der Waals surface area contributed by atoms with Gasteiger partial charge in [-0.15, -0.1) is 10.2 Å². The SMILES string of the molecule is CCn1ccc(-c2nnc(NS(=O)(=O)C(C)C(O)c3ncc(C)cn3)n2-c2c(OC)cccc2OC)n1. The van der Waals surface area contributed by atoms with Crippen molar-refractivity contribution in [2.24, 2.45) is 0 Å². The molecule has 0 saturated heterocycles. The number of methoxy groups -OCH3 is 2. The molecule has 0 fully saturated rings. The van der Waals surface area contributed by atoms with Crippen LogP contribution >= 0.6 is 0 Å². The number of hydrogen-bond acceptors (Lipinski definition) is 10. The van der Waals surface area contributed by atoms with Crippen molar-refractivity contribution in [2.75, 3.05) is 18.9 Å². The Hall–Kier alpha value is -4.04. The Morgan fingerprint density at radius 2 is 1.73 bits per heavy atom. The van der Waals surface area contributed by atoms with Gasteiger partial charge < -0.3 is 14.6 Å². The highest BCUT2D eigenvalue weighted by Crippen LogP contribution is 2.37. The zero-order chi connectivity index (χ0) is 26.7. The second-order valence-electron chi connectivity index (χ2n) is 8.17. The summed E-state index contributed by atoms with van der Waals surface area (Å²) in [5.41, 5.74) is 1.60. The molecular weight excluding hydrogens is 500 g/mol. The van der Waals surface area contributed by atoms with E-state index in [2.05, 4.69) is 30.0 Å². The van der Waals surface area contributed by atoms with Crippen LogP contribution in [0, 0.1) is 6.92 Å². The highest BCUT2D eigenvalue weighted by atomic mass is 32.2. The van der Waals surface area contributed by atoms with E-state index in [0.717, 1.165) is 5.56 Å². The third kappa shape index (κ3) is 5.11. The van der Waals surface area contributed by atoms with E-state index >= 15 is 0 Å². The number of benzene rings is 1. The second kappa shape index (κ2) is 10.5. The molecule has 0 bridgehead atoms. The molecular formula is C23H28N8O5S. The molecule has 0 saturated carbocycles. The smallest absolute Gasteiger partial charge is 0.243 e. The Morgan fingerprint density at radius 3 is 2.30 bits per heavy atom. The van der Waals surface area contributed by atoms with E-state index < -0.39 is 21.4 Å². The molecule has 2 unspecified atom stereocenters. The molecule has 3 aromatic heterocycles. The van der Waals surface area contributed by atoms with Crippen molar-refractivity contribution in [3.8, 4) is 28.7 Å². The minimum atomic E-state index is -4.22. The van der Waals surface area contributed by atoms with Crippen molar-refractivity contribution in [2.45, 2.75) is 38.7 Å². The molecule has 196 valence electrons. The van der Waals surface area contributed by atoms with Crippen molar-refractivity contribution in [3.05, 3.63) is 54.2 Å². The van der Waals surface area contributed by atoms with Gasteiger partial charge in [0.25, 0.3) is 0 Å². The fraction of sp³-hybridized carbons (Fsp3) is 0.348. The molecule has 0 amide bonds. The normalized spacial score (nSPS) is 13.2. The molecule has 0 aliphatic carbocycles. The molecule has 0 radical (unpaired) electrons. The molecule has 0 aliphatic heterocycles. The largest absolute Gasteiger partial charge is 0.494 e. The summed E-state index contributed by atoms with van der Waals surface area (Å²) in [7, 11) is -1.25. The van der Waals surface area contributed by atoms with Gasteiger partial charge in [0.15, 0.2) is 11.6 Å². The summed E-state index contributed by atoms with van der Waals surface area (Å²) in [6, 6.07) is 6.88. The lowest BCUT2D eigenvalue weighted by Crippen LogP contribution is -2.32. The van der Waals surface area contributed by atoms with Crippen molar-refractivity contribution in [3.63, 3.8) is 0 Å². The van der Waals surface area contributed by atoms with Gasteiger partial charge in [0.2, 0.25) is 16.0 Å². The monoisotopic (exact) mass is 528 g/mol. The lowest BCUT2D eigenvalue weighted by molar-refractivity contribution is 0.166. The quantitative estimate of drug-likeness (QED) is 0.312. The zero-order valence-electron chi connectivity index (χ0n) is 21.0. The number of aryl methyl sites for hydroxylation is 2. The lowest BCUT2D eigenvalue weighted by atomic mass is 10.2. The maximum absolute atomic E-state index is 13.4. The molecule has 3 heterocycles. The van der Waals surface area contributed by atoms with Crippen molar-refractivity contribution in [1.29, 1.82) is 0 Å². The minimum absolute atomic E-state index is 0.0119. The topological polar surface area (TPSA) is 159 Å². The molecule has 1 aromatic carbocycles. The summed E-state index contributed by atoms with van der Waals surface area (Å²) in [4.78, 5) is 8.11. The standard InChI is InChI=1S/C23H28N8O5S/c1-6-30-11-10-16(28-30)22-26-27-23(31(22)19-17(35-4)8-7-9-18(19)36-5)29-37(33,34)15(3)20(32)21-24-12-14(2)13-25-21/h7-13,15,20,32H,6H2,1-5H3,(H,27,29). The number of aromatic nitrogens is 7. The highest BCUT2D eigenvalue weighted by molar-refractivity contribution is 7.93. The lowest BCUT2D eigenvalue weighted by Gasteiger charge is -2.20. The average Bonchev–Trinajstić information content (AvgIpc) is 3.54. The third-order valence-corrected chi connectivity index (χ3v) is 7.42. The maximum atomic E-state index is 13.4. The first kappa shape index (κ1) is 26.0. The Kier molecular flexibility index (Phi) is 7.40. The molecule has 0 aliphatic rings. The number of hydrogen-bond donors (Lipinski definition) is 2. The van der Waals surface area contributed by atoms with Gasteiger partial charge >= 0.3 is 0 Å². The zero-order valence-corrected chi connectivity index (χ0v) is 21.8. The highest BCUT2D eigenvalue weighted by Gasteiger charge is 2.34.